The van der Waals surface area contributed by atoms with Crippen molar-refractivity contribution >= 4 is 34.6 Å². The summed E-state index contributed by atoms with van der Waals surface area (Å²) in [4.78, 5) is 2.11. The monoisotopic (exact) mass is 440 g/mol. The van der Waals surface area contributed by atoms with Crippen molar-refractivity contribution in [3.05, 3.63) is 95.4 Å². The van der Waals surface area contributed by atoms with Crippen LogP contribution in [-0.2, 0) is 6.54 Å². The molecule has 0 amide bonds. The van der Waals surface area contributed by atoms with Gasteiger partial charge in [0, 0.05) is 0 Å². The highest BCUT2D eigenvalue weighted by molar-refractivity contribution is 7.80. The van der Waals surface area contributed by atoms with Crippen molar-refractivity contribution in [2.24, 2.45) is 0 Å². The summed E-state index contributed by atoms with van der Waals surface area (Å²) in [6.07, 6.45) is 2.40. The zero-order valence-corrected chi connectivity index (χ0v) is 18.7. The van der Waals surface area contributed by atoms with Gasteiger partial charge in [-0.1, -0.05) is 41.4 Å². The number of thiocarbonyl (C=S) groups is 1. The van der Waals surface area contributed by atoms with Crippen LogP contribution in [0.1, 0.15) is 30.7 Å². The van der Waals surface area contributed by atoms with Gasteiger partial charge in [0.25, 0.3) is 0 Å². The first kappa shape index (κ1) is 21.9. The molecule has 0 radical (unpaired) electrons. The molecule has 0 saturated carbocycles. The molecule has 0 fully saturated rings. The fourth-order valence-electron chi connectivity index (χ4n) is 3.21. The minimum absolute atomic E-state index is 0.0407. The van der Waals surface area contributed by atoms with Gasteiger partial charge < -0.3 is 19.4 Å². The highest BCUT2D eigenvalue weighted by Gasteiger charge is 2.25. The van der Waals surface area contributed by atoms with E-state index in [0.29, 0.717) is 16.7 Å². The molecule has 4 nitrogen and oxygen atoms in total. The summed E-state index contributed by atoms with van der Waals surface area (Å²) in [5, 5.41) is 4.47. The quantitative estimate of drug-likeness (QED) is 0.306. The maximum absolute atomic E-state index is 6.34. The first-order chi connectivity index (χ1) is 14.5. The van der Waals surface area contributed by atoms with Crippen LogP contribution in [0.3, 0.4) is 0 Å². The molecule has 1 aromatic heterocycles. The van der Waals surface area contributed by atoms with Gasteiger partial charge >= 0.3 is 0 Å². The molecule has 0 bridgehead atoms. The number of halogens is 1. The summed E-state index contributed by atoms with van der Waals surface area (Å²) in [6.45, 7) is 6.66. The van der Waals surface area contributed by atoms with Crippen LogP contribution in [0.4, 0.5) is 5.69 Å². The topological polar surface area (TPSA) is 37.6 Å². The van der Waals surface area contributed by atoms with Gasteiger partial charge in [-0.05, 0) is 67.5 Å². The Morgan fingerprint density at radius 3 is 2.50 bits per heavy atom. The van der Waals surface area contributed by atoms with E-state index in [-0.39, 0.29) is 6.04 Å². The predicted octanol–water partition coefficient (Wildman–Crippen LogP) is 6.85. The minimum Gasteiger partial charge on any atom is -0.497 e. The Morgan fingerprint density at radius 2 is 1.90 bits per heavy atom. The molecule has 1 atom stereocenters. The third kappa shape index (κ3) is 5.65. The van der Waals surface area contributed by atoms with Crippen LogP contribution >= 0.6 is 23.8 Å². The molecule has 2 aromatic carbocycles. The molecule has 0 aliphatic carbocycles. The number of benzene rings is 2. The highest BCUT2D eigenvalue weighted by atomic mass is 35.5. The Morgan fingerprint density at radius 1 is 1.17 bits per heavy atom. The van der Waals surface area contributed by atoms with Gasteiger partial charge in [0.05, 0.1) is 36.7 Å². The van der Waals surface area contributed by atoms with Crippen LogP contribution in [0.2, 0.25) is 5.02 Å². The first-order valence-electron chi connectivity index (χ1n) is 9.60. The van der Waals surface area contributed by atoms with Gasteiger partial charge in [-0.2, -0.15) is 0 Å². The Bertz CT molecular complexity index is 987. The third-order valence-electron chi connectivity index (χ3n) is 4.70. The van der Waals surface area contributed by atoms with Gasteiger partial charge in [0.1, 0.15) is 11.5 Å². The second kappa shape index (κ2) is 10.3. The van der Waals surface area contributed by atoms with Crippen molar-refractivity contribution in [2.45, 2.75) is 25.9 Å². The molecule has 0 spiro atoms. The summed E-state index contributed by atoms with van der Waals surface area (Å²) in [6, 6.07) is 19.3. The number of nitrogens with zero attached hydrogens (tertiary/aromatic N) is 1. The molecular weight excluding hydrogens is 416 g/mol. The van der Waals surface area contributed by atoms with E-state index in [1.165, 1.54) is 0 Å². The molecule has 6 heteroatoms. The number of para-hydroxylation sites is 1. The van der Waals surface area contributed by atoms with Crippen molar-refractivity contribution in [3.8, 4) is 5.75 Å². The van der Waals surface area contributed by atoms with Gasteiger partial charge in [0.2, 0.25) is 0 Å². The molecule has 30 heavy (non-hydrogen) atoms. The van der Waals surface area contributed by atoms with Crippen LogP contribution in [0, 0.1) is 0 Å². The summed E-state index contributed by atoms with van der Waals surface area (Å²) in [5.74, 6) is 1.63. The maximum atomic E-state index is 6.34. The van der Waals surface area contributed by atoms with E-state index in [0.717, 1.165) is 34.8 Å². The zero-order chi connectivity index (χ0) is 21.5. The fraction of sp³-hybridized carbons (Fsp3) is 0.208. The molecule has 0 unspecified atom stereocenters. The maximum Gasteiger partial charge on any atom is 0.174 e. The van der Waals surface area contributed by atoms with Gasteiger partial charge in [-0.15, -0.1) is 6.58 Å². The Balaban J connectivity index is 1.96. The molecular formula is C24H25ClN2O2S. The number of methoxy groups -OCH3 is 1. The lowest BCUT2D eigenvalue weighted by Crippen LogP contribution is -2.37. The first-order valence-corrected chi connectivity index (χ1v) is 10.4. The third-order valence-corrected chi connectivity index (χ3v) is 5.37. The molecule has 0 aliphatic rings. The number of rotatable bonds is 8. The predicted molar refractivity (Wildman–Crippen MR) is 127 cm³/mol. The molecule has 1 N–H and O–H groups in total. The van der Waals surface area contributed by atoms with E-state index in [4.69, 9.17) is 33.0 Å². The van der Waals surface area contributed by atoms with Crippen LogP contribution < -0.4 is 10.1 Å². The summed E-state index contributed by atoms with van der Waals surface area (Å²) in [5.41, 5.74) is 2.92. The van der Waals surface area contributed by atoms with Crippen LogP contribution in [-0.4, -0.2) is 17.1 Å². The average Bonchev–Trinajstić information content (AvgIpc) is 3.25. The molecule has 3 aromatic rings. The second-order valence-corrected chi connectivity index (χ2v) is 7.86. The highest BCUT2D eigenvalue weighted by Crippen LogP contribution is 2.32. The largest absolute Gasteiger partial charge is 0.497 e. The van der Waals surface area contributed by atoms with Crippen molar-refractivity contribution in [3.63, 3.8) is 0 Å². The Labute approximate surface area is 188 Å². The summed E-state index contributed by atoms with van der Waals surface area (Å²) < 4.78 is 10.9. The molecule has 0 aliphatic heterocycles. The summed E-state index contributed by atoms with van der Waals surface area (Å²) >= 11 is 12.2. The fourth-order valence-corrected chi connectivity index (χ4v) is 3.69. The van der Waals surface area contributed by atoms with Gasteiger partial charge in [-0.3, -0.25) is 0 Å². The van der Waals surface area contributed by atoms with Crippen molar-refractivity contribution in [1.29, 1.82) is 0 Å². The lowest BCUT2D eigenvalue weighted by molar-refractivity contribution is 0.284. The van der Waals surface area contributed by atoms with Crippen LogP contribution in [0.25, 0.3) is 0 Å². The molecule has 3 rings (SSSR count). The number of nitrogens with one attached hydrogen (secondary N) is 1. The van der Waals surface area contributed by atoms with E-state index < -0.39 is 0 Å². The SMILES string of the molecule is C=C(C)C[C@@H](c1ccc(OC)cc1)N(Cc1ccco1)C(=S)Nc1ccccc1Cl. The van der Waals surface area contributed by atoms with Crippen LogP contribution in [0.5, 0.6) is 5.75 Å². The molecule has 156 valence electrons. The lowest BCUT2D eigenvalue weighted by Gasteiger charge is -2.34. The normalized spacial score (nSPS) is 11.6. The average molecular weight is 441 g/mol. The number of hydrogen-bond donors (Lipinski definition) is 1. The number of ether oxygens (including phenoxy) is 1. The van der Waals surface area contributed by atoms with E-state index in [2.05, 4.69) is 28.9 Å². The number of furan rings is 1. The molecule has 0 saturated heterocycles. The zero-order valence-electron chi connectivity index (χ0n) is 17.1. The van der Waals surface area contributed by atoms with E-state index >= 15 is 0 Å². The van der Waals surface area contributed by atoms with Crippen molar-refractivity contribution < 1.29 is 9.15 Å². The number of hydrogen-bond acceptors (Lipinski definition) is 3. The van der Waals surface area contributed by atoms with Gasteiger partial charge in [-0.25, -0.2) is 0 Å². The lowest BCUT2D eigenvalue weighted by atomic mass is 9.98. The van der Waals surface area contributed by atoms with Crippen molar-refractivity contribution in [2.75, 3.05) is 12.4 Å². The van der Waals surface area contributed by atoms with Crippen LogP contribution in [0.15, 0.2) is 83.5 Å². The standard InChI is InChI=1S/C24H25ClN2O2S/c1-17(2)15-23(18-10-12-19(28-3)13-11-18)27(16-20-7-6-14-29-20)24(30)26-22-9-5-4-8-21(22)25/h4-14,23H,1,15-16H2,2-3H3,(H,26,30)/t23-/m0/s1. The molecule has 1 heterocycles. The minimum atomic E-state index is -0.0407. The van der Waals surface area contributed by atoms with E-state index in [1.54, 1.807) is 13.4 Å². The van der Waals surface area contributed by atoms with E-state index in [1.807, 2.05) is 55.5 Å². The Kier molecular flexibility index (Phi) is 7.55. The summed E-state index contributed by atoms with van der Waals surface area (Å²) in [7, 11) is 1.66. The smallest absolute Gasteiger partial charge is 0.174 e. The van der Waals surface area contributed by atoms with E-state index in [9.17, 15) is 0 Å². The Hall–Kier alpha value is -2.76. The van der Waals surface area contributed by atoms with Gasteiger partial charge in [0.15, 0.2) is 5.11 Å². The second-order valence-electron chi connectivity index (χ2n) is 7.07. The van der Waals surface area contributed by atoms with Crippen molar-refractivity contribution in [1.82, 2.24) is 4.90 Å². The number of anilines is 1.